The molecule has 50 heavy (non-hydrogen) atoms. The summed E-state index contributed by atoms with van der Waals surface area (Å²) in [5.41, 5.74) is -6.16. The summed E-state index contributed by atoms with van der Waals surface area (Å²) in [5, 5.41) is 13.1. The first-order valence-electron chi connectivity index (χ1n) is 17.6. The van der Waals surface area contributed by atoms with Crippen molar-refractivity contribution in [2.45, 2.75) is 135 Å². The van der Waals surface area contributed by atoms with Gasteiger partial charge in [-0.2, -0.15) is 26.3 Å². The molecule has 2 aromatic carbocycles. The molecule has 0 spiro atoms. The molecule has 2 N–H and O–H groups in total. The summed E-state index contributed by atoms with van der Waals surface area (Å²) in [6.07, 6.45) is -4.92. The standard InChI is InChI=1S/C37H52F6N2O5/c1-6-8-9-10-11-12-16-28-24-30(35(47,36(38,39)40)37(41,42)43)23-27(15-7-2)32(28)48-22-14-13-21-45-25-49-34(5,44-33(45)46)29-17-19-31(20-18-29)50-26(3)4/h17-20,23-24,26,47H,6-16,21-22,25H2,1-5H3,(H,44,46). The van der Waals surface area contributed by atoms with Crippen LogP contribution in [0.15, 0.2) is 36.4 Å². The van der Waals surface area contributed by atoms with Gasteiger partial charge in [0.25, 0.3) is 5.60 Å². The van der Waals surface area contributed by atoms with Crippen LogP contribution in [0.25, 0.3) is 0 Å². The van der Waals surface area contributed by atoms with Gasteiger partial charge < -0.3 is 29.5 Å². The summed E-state index contributed by atoms with van der Waals surface area (Å²) in [6.45, 7) is 9.96. The van der Waals surface area contributed by atoms with E-state index in [-0.39, 0.29) is 55.2 Å². The van der Waals surface area contributed by atoms with E-state index in [0.717, 1.165) is 49.8 Å². The van der Waals surface area contributed by atoms with Crippen molar-refractivity contribution < 1.29 is 50.5 Å². The largest absolute Gasteiger partial charge is 0.493 e. The zero-order chi connectivity index (χ0) is 37.2. The number of rotatable bonds is 19. The van der Waals surface area contributed by atoms with E-state index < -0.39 is 29.2 Å². The highest BCUT2D eigenvalue weighted by molar-refractivity contribution is 5.75. The summed E-state index contributed by atoms with van der Waals surface area (Å²) in [4.78, 5) is 14.5. The molecule has 0 aromatic heterocycles. The topological polar surface area (TPSA) is 80.3 Å². The lowest BCUT2D eigenvalue weighted by Crippen LogP contribution is -2.58. The average Bonchev–Trinajstić information content (AvgIpc) is 3.03. The van der Waals surface area contributed by atoms with Crippen LogP contribution in [0.2, 0.25) is 0 Å². The molecule has 1 heterocycles. The van der Waals surface area contributed by atoms with Crippen molar-refractivity contribution in [2.24, 2.45) is 0 Å². The van der Waals surface area contributed by atoms with E-state index >= 15 is 0 Å². The van der Waals surface area contributed by atoms with Crippen molar-refractivity contribution in [3.8, 4) is 11.5 Å². The van der Waals surface area contributed by atoms with Gasteiger partial charge in [0.1, 0.15) is 18.2 Å². The first kappa shape index (κ1) is 41.2. The second kappa shape index (κ2) is 17.8. The van der Waals surface area contributed by atoms with Crippen LogP contribution in [-0.2, 0) is 28.9 Å². The Morgan fingerprint density at radius 1 is 0.880 bits per heavy atom. The van der Waals surface area contributed by atoms with Crippen molar-refractivity contribution in [2.75, 3.05) is 19.9 Å². The van der Waals surface area contributed by atoms with Crippen molar-refractivity contribution in [1.82, 2.24) is 10.2 Å². The quantitative estimate of drug-likeness (QED) is 0.112. The van der Waals surface area contributed by atoms with Gasteiger partial charge in [-0.05, 0) is 88.3 Å². The molecule has 2 aromatic rings. The second-order valence-corrected chi connectivity index (χ2v) is 13.3. The molecule has 0 radical (unpaired) electrons. The monoisotopic (exact) mass is 718 g/mol. The highest BCUT2D eigenvalue weighted by atomic mass is 19.4. The maximum Gasteiger partial charge on any atom is 0.430 e. The first-order valence-corrected chi connectivity index (χ1v) is 17.6. The van der Waals surface area contributed by atoms with E-state index in [0.29, 0.717) is 38.0 Å². The number of hydrogen-bond acceptors (Lipinski definition) is 5. The molecule has 13 heteroatoms. The third-order valence-electron chi connectivity index (χ3n) is 8.79. The minimum atomic E-state index is -5.98. The van der Waals surface area contributed by atoms with Gasteiger partial charge in [0.2, 0.25) is 0 Å². The van der Waals surface area contributed by atoms with Crippen LogP contribution in [-0.4, -0.2) is 54.4 Å². The molecule has 1 atom stereocenters. The molecular weight excluding hydrogens is 666 g/mol. The number of benzene rings is 2. The van der Waals surface area contributed by atoms with Crippen LogP contribution in [0.5, 0.6) is 11.5 Å². The van der Waals surface area contributed by atoms with Gasteiger partial charge in [-0.25, -0.2) is 4.79 Å². The lowest BCUT2D eigenvalue weighted by Gasteiger charge is -2.40. The Kier molecular flexibility index (Phi) is 14.7. The van der Waals surface area contributed by atoms with Gasteiger partial charge in [0.05, 0.1) is 12.7 Å². The van der Waals surface area contributed by atoms with E-state index in [4.69, 9.17) is 14.2 Å². The fourth-order valence-corrected chi connectivity index (χ4v) is 5.98. The third-order valence-corrected chi connectivity index (χ3v) is 8.79. The Labute approximate surface area is 291 Å². The molecule has 3 rings (SSSR count). The zero-order valence-corrected chi connectivity index (χ0v) is 29.7. The van der Waals surface area contributed by atoms with Gasteiger partial charge in [-0.15, -0.1) is 0 Å². The number of halogens is 6. The van der Waals surface area contributed by atoms with E-state index in [2.05, 4.69) is 12.2 Å². The van der Waals surface area contributed by atoms with Crippen molar-refractivity contribution in [1.29, 1.82) is 0 Å². The third kappa shape index (κ3) is 10.4. The van der Waals surface area contributed by atoms with Crippen LogP contribution in [0.3, 0.4) is 0 Å². The van der Waals surface area contributed by atoms with Crippen LogP contribution >= 0.6 is 0 Å². The summed E-state index contributed by atoms with van der Waals surface area (Å²) in [7, 11) is 0. The number of aryl methyl sites for hydroxylation is 2. The van der Waals surface area contributed by atoms with Crippen molar-refractivity contribution in [3.63, 3.8) is 0 Å². The number of amides is 2. The number of carbonyl (C=O) groups is 1. The molecule has 0 saturated carbocycles. The Morgan fingerprint density at radius 3 is 2.04 bits per heavy atom. The molecule has 0 aliphatic carbocycles. The summed E-state index contributed by atoms with van der Waals surface area (Å²) >= 11 is 0. The molecule has 1 aliphatic rings. The number of carbonyl (C=O) groups excluding carboxylic acids is 1. The summed E-state index contributed by atoms with van der Waals surface area (Å²) in [5.74, 6) is 0.963. The molecule has 1 unspecified atom stereocenters. The van der Waals surface area contributed by atoms with Crippen LogP contribution in [0.1, 0.15) is 115 Å². The van der Waals surface area contributed by atoms with Crippen molar-refractivity contribution in [3.05, 3.63) is 58.7 Å². The lowest BCUT2D eigenvalue weighted by molar-refractivity contribution is -0.376. The van der Waals surface area contributed by atoms with Gasteiger partial charge in [-0.3, -0.25) is 0 Å². The fourth-order valence-electron chi connectivity index (χ4n) is 5.98. The van der Waals surface area contributed by atoms with Crippen LogP contribution in [0.4, 0.5) is 31.1 Å². The van der Waals surface area contributed by atoms with E-state index in [9.17, 15) is 36.2 Å². The maximum atomic E-state index is 13.9. The molecule has 1 aliphatic heterocycles. The lowest BCUT2D eigenvalue weighted by atomic mass is 9.87. The molecule has 2 amide bonds. The van der Waals surface area contributed by atoms with Crippen LogP contribution < -0.4 is 14.8 Å². The van der Waals surface area contributed by atoms with Gasteiger partial charge in [0.15, 0.2) is 5.72 Å². The normalized spacial score (nSPS) is 17.3. The minimum absolute atomic E-state index is 0.0233. The first-order chi connectivity index (χ1) is 23.5. The van der Waals surface area contributed by atoms with Crippen molar-refractivity contribution >= 4 is 6.03 Å². The van der Waals surface area contributed by atoms with Gasteiger partial charge >= 0.3 is 18.4 Å². The summed E-state index contributed by atoms with van der Waals surface area (Å²) in [6, 6.07) is 8.56. The Morgan fingerprint density at radius 2 is 1.48 bits per heavy atom. The smallest absolute Gasteiger partial charge is 0.430 e. The molecule has 282 valence electrons. The van der Waals surface area contributed by atoms with Gasteiger partial charge in [-0.1, -0.05) is 64.5 Å². The molecular formula is C37H52F6N2O5. The molecule has 1 saturated heterocycles. The predicted octanol–water partition coefficient (Wildman–Crippen LogP) is 9.67. The number of aliphatic hydroxyl groups is 1. The van der Waals surface area contributed by atoms with E-state index in [1.807, 2.05) is 38.1 Å². The second-order valence-electron chi connectivity index (χ2n) is 13.3. The average molecular weight is 719 g/mol. The SMILES string of the molecule is CCCCCCCCc1cc(C(O)(C(F)(F)F)C(F)(F)F)cc(CCC)c1OCCCCN1COC(C)(c2ccc(OC(C)C)cc2)NC1=O. The van der Waals surface area contributed by atoms with E-state index in [1.54, 1.807) is 13.8 Å². The minimum Gasteiger partial charge on any atom is -0.493 e. The van der Waals surface area contributed by atoms with Crippen LogP contribution in [0, 0.1) is 0 Å². The molecule has 7 nitrogen and oxygen atoms in total. The van der Waals surface area contributed by atoms with Gasteiger partial charge in [0, 0.05) is 17.7 Å². The summed E-state index contributed by atoms with van der Waals surface area (Å²) < 4.78 is 101. The highest BCUT2D eigenvalue weighted by Crippen LogP contribution is 2.51. The number of nitrogens with zero attached hydrogens (tertiary/aromatic N) is 1. The molecule has 0 bridgehead atoms. The number of unbranched alkanes of at least 4 members (excludes halogenated alkanes) is 6. The zero-order valence-electron chi connectivity index (χ0n) is 29.7. The Balaban J connectivity index is 1.69. The Hall–Kier alpha value is -3.19. The number of urea groups is 1. The molecule has 1 fully saturated rings. The Bertz CT molecular complexity index is 1350. The number of ether oxygens (including phenoxy) is 3. The maximum absolute atomic E-state index is 13.9. The van der Waals surface area contributed by atoms with E-state index in [1.165, 1.54) is 4.90 Å². The number of alkyl halides is 6. The fraction of sp³-hybridized carbons (Fsp3) is 0.649. The number of nitrogens with one attached hydrogen (secondary N) is 1. The highest BCUT2D eigenvalue weighted by Gasteiger charge is 2.71. The predicted molar refractivity (Wildman–Crippen MR) is 179 cm³/mol. The number of hydrogen-bond donors (Lipinski definition) is 2.